The van der Waals surface area contributed by atoms with Gasteiger partial charge in [0.15, 0.2) is 5.82 Å². The summed E-state index contributed by atoms with van der Waals surface area (Å²) in [7, 11) is 0. The van der Waals surface area contributed by atoms with Crippen molar-refractivity contribution in [1.82, 2.24) is 14.9 Å². The normalized spacial score (nSPS) is 23.4. The average molecular weight is 787 g/mol. The Balaban J connectivity index is 1.55. The summed E-state index contributed by atoms with van der Waals surface area (Å²) in [6, 6.07) is 7.00. The number of rotatable bonds is 7. The molecule has 12 nitrogen and oxygen atoms in total. The zero-order chi connectivity index (χ0) is 42.5. The summed E-state index contributed by atoms with van der Waals surface area (Å²) < 4.78 is 103. The van der Waals surface area contributed by atoms with Gasteiger partial charge in [-0.1, -0.05) is 6.92 Å². The predicted octanol–water partition coefficient (Wildman–Crippen LogP) is 7.07. The van der Waals surface area contributed by atoms with Crippen LogP contribution in [0.15, 0.2) is 18.2 Å². The van der Waals surface area contributed by atoms with E-state index < -0.39 is 82.9 Å². The van der Waals surface area contributed by atoms with Crippen LogP contribution in [0.1, 0.15) is 56.3 Å². The largest absolute Gasteiger partial charge is 0.463 e. The van der Waals surface area contributed by atoms with E-state index in [1.54, 1.807) is 25.7 Å². The molecule has 1 amide bonds. The number of anilines is 2. The first-order valence-electron chi connectivity index (χ1n) is 18.9. The molecule has 6 rings (SSSR count). The summed E-state index contributed by atoms with van der Waals surface area (Å²) in [5.74, 6) is -3.52. The molecule has 292 valence electrons. The second-order valence-electron chi connectivity index (χ2n) is 15.4. The Labute approximate surface area is 323 Å². The van der Waals surface area contributed by atoms with Gasteiger partial charge in [-0.05, 0) is 65.8 Å². The number of alkyl halides is 2. The van der Waals surface area contributed by atoms with E-state index in [0.717, 1.165) is 22.3 Å². The van der Waals surface area contributed by atoms with Gasteiger partial charge in [-0.3, -0.25) is 5.32 Å². The quantitative estimate of drug-likeness (QED) is 0.185. The maximum Gasteiger partial charge on any atom is 0.412 e. The highest BCUT2D eigenvalue weighted by Gasteiger charge is 2.44. The Morgan fingerprint density at radius 3 is 2.64 bits per heavy atom. The third-order valence-corrected chi connectivity index (χ3v) is 10.6. The van der Waals surface area contributed by atoms with E-state index in [1.165, 1.54) is 26.0 Å². The molecule has 0 saturated carbocycles. The lowest BCUT2D eigenvalue weighted by atomic mass is 9.73. The fourth-order valence-corrected chi connectivity index (χ4v) is 8.15. The number of fused-ring (bicyclic) bond motifs is 2. The number of carbonyl (C=O) groups is 1. The number of ether oxygens (including phenoxy) is 3. The first kappa shape index (κ1) is 35.9. The number of piperidine rings is 1. The van der Waals surface area contributed by atoms with Crippen molar-refractivity contribution in [2.75, 3.05) is 63.2 Å². The van der Waals surface area contributed by atoms with Crippen LogP contribution in [0.5, 0.6) is 6.01 Å². The fourth-order valence-electron chi connectivity index (χ4n) is 7.10. The van der Waals surface area contributed by atoms with Crippen LogP contribution in [0.4, 0.5) is 33.2 Å². The Bertz CT molecular complexity index is 2340. The third-order valence-electron chi connectivity index (χ3n) is 9.53. The van der Waals surface area contributed by atoms with E-state index in [4.69, 9.17) is 18.3 Å². The smallest absolute Gasteiger partial charge is 0.412 e. The number of aliphatic hydroxyl groups is 1. The molecule has 2 aliphatic rings. The summed E-state index contributed by atoms with van der Waals surface area (Å²) in [5, 5.41) is 34.2. The highest BCUT2D eigenvalue weighted by Crippen LogP contribution is 2.46. The molecule has 2 aromatic heterocycles. The van der Waals surface area contributed by atoms with Crippen LogP contribution in [0.3, 0.4) is 0 Å². The van der Waals surface area contributed by atoms with Crippen LogP contribution in [-0.2, 0) is 9.47 Å². The number of benzene rings is 2. The lowest BCUT2D eigenvalue weighted by Gasteiger charge is -2.44. The SMILES string of the molecule is [2H]C([2H])([2H])N1CC[C@H](C(F)F)[C@](C)(COc2nc(N3CCOC[C@@](C)(O)C3)c3cc(C#N)c(-c4c(F)ccc5sc(NC(=O)OC(C)(C)C)c(C#N)c45)c(F)c3n2)C1. The minimum absolute atomic E-state index is 0.00981. The van der Waals surface area contributed by atoms with Crippen molar-refractivity contribution in [3.63, 3.8) is 0 Å². The van der Waals surface area contributed by atoms with Crippen molar-refractivity contribution in [3.05, 3.63) is 41.0 Å². The molecule has 0 aliphatic carbocycles. The molecule has 2 N–H and O–H groups in total. The Hall–Kier alpha value is -4.81. The van der Waals surface area contributed by atoms with Crippen molar-refractivity contribution in [1.29, 1.82) is 10.5 Å². The molecule has 17 heteroatoms. The monoisotopic (exact) mass is 786 g/mol. The number of β-amino-alcohol motifs (C(OH)–C–C–N with tert-alkyl or cyclic N) is 1. The van der Waals surface area contributed by atoms with Gasteiger partial charge in [0.2, 0.25) is 6.43 Å². The van der Waals surface area contributed by atoms with Crippen molar-refractivity contribution >= 4 is 49.2 Å². The zero-order valence-electron chi connectivity index (χ0n) is 33.7. The van der Waals surface area contributed by atoms with E-state index in [9.17, 15) is 29.2 Å². The van der Waals surface area contributed by atoms with Crippen LogP contribution < -0.4 is 15.0 Å². The summed E-state index contributed by atoms with van der Waals surface area (Å²) in [6.45, 7) is 4.52. The number of aromatic nitrogens is 2. The van der Waals surface area contributed by atoms with Crippen LogP contribution in [0, 0.1) is 45.6 Å². The van der Waals surface area contributed by atoms with E-state index in [1.807, 2.05) is 12.1 Å². The molecule has 0 radical (unpaired) electrons. The van der Waals surface area contributed by atoms with Crippen LogP contribution in [0.2, 0.25) is 0 Å². The van der Waals surface area contributed by atoms with Gasteiger partial charge >= 0.3 is 12.1 Å². The second-order valence-corrected chi connectivity index (χ2v) is 16.4. The number of carbonyl (C=O) groups excluding carboxylic acids is 1. The molecule has 0 spiro atoms. The predicted molar refractivity (Wildman–Crippen MR) is 198 cm³/mol. The van der Waals surface area contributed by atoms with Gasteiger partial charge in [0, 0.05) is 55.1 Å². The van der Waals surface area contributed by atoms with Gasteiger partial charge in [0.05, 0.1) is 43.6 Å². The molecule has 4 heterocycles. The fraction of sp³-hybridized carbons (Fsp3) is 0.500. The number of amides is 1. The minimum Gasteiger partial charge on any atom is -0.463 e. The van der Waals surface area contributed by atoms with E-state index in [-0.39, 0.29) is 83.2 Å². The number of hydrogen-bond donors (Lipinski definition) is 2. The maximum absolute atomic E-state index is 17.4. The molecule has 0 bridgehead atoms. The number of thiophene rings is 1. The number of nitriles is 2. The summed E-state index contributed by atoms with van der Waals surface area (Å²) in [5.41, 5.74) is -5.86. The van der Waals surface area contributed by atoms with Crippen molar-refractivity contribution in [3.8, 4) is 29.3 Å². The summed E-state index contributed by atoms with van der Waals surface area (Å²) >= 11 is 0.906. The molecule has 2 aromatic carbocycles. The number of nitrogens with one attached hydrogen (secondary N) is 1. The number of halogens is 4. The minimum atomic E-state index is -2.82. The van der Waals surface area contributed by atoms with Crippen molar-refractivity contribution < 1.29 is 45.8 Å². The van der Waals surface area contributed by atoms with Crippen LogP contribution in [0.25, 0.3) is 32.1 Å². The Morgan fingerprint density at radius 2 is 1.96 bits per heavy atom. The molecule has 55 heavy (non-hydrogen) atoms. The van der Waals surface area contributed by atoms with Gasteiger partial charge < -0.3 is 29.1 Å². The topological polar surface area (TPSA) is 157 Å². The molecule has 3 atom stereocenters. The molecule has 2 fully saturated rings. The number of likely N-dealkylation sites (tertiary alicyclic amines) is 1. The molecule has 0 unspecified atom stereocenters. The average Bonchev–Trinajstić information content (AvgIpc) is 3.36. The Morgan fingerprint density at radius 1 is 1.20 bits per heavy atom. The van der Waals surface area contributed by atoms with E-state index >= 15 is 8.78 Å². The van der Waals surface area contributed by atoms with Crippen LogP contribution >= 0.6 is 11.3 Å². The Kier molecular flexibility index (Phi) is 9.80. The standard InChI is InChI=1S/C38H41F4N7O5S/c1-36(2,3)54-35(50)47-33-22(15-44)27-25(55-33)8-7-24(39)28(27)26-20(14-43)13-21-30(29(26)40)45-34(46-32(21)49-11-12-52-19-38(5,51)17-49)53-18-37(4)16-48(6)10-9-23(37)31(41)42/h7-8,13,23,31,51H,9-12,16-19H2,1-6H3,(H,47,50)/t23-,37+,38+/m1/s1/i6D3. The molecule has 2 saturated heterocycles. The number of hydrogen-bond acceptors (Lipinski definition) is 12. The molecular formula is C38H41F4N7O5S. The van der Waals surface area contributed by atoms with Gasteiger partial charge in [0.25, 0.3) is 0 Å². The van der Waals surface area contributed by atoms with Crippen molar-refractivity contribution in [2.45, 2.75) is 58.7 Å². The van der Waals surface area contributed by atoms with Gasteiger partial charge in [-0.15, -0.1) is 11.3 Å². The van der Waals surface area contributed by atoms with Gasteiger partial charge in [-0.2, -0.15) is 20.5 Å². The number of nitrogens with zero attached hydrogens (tertiary/aromatic N) is 6. The molecule has 4 aromatic rings. The van der Waals surface area contributed by atoms with E-state index in [0.29, 0.717) is 0 Å². The van der Waals surface area contributed by atoms with Gasteiger partial charge in [0.1, 0.15) is 39.4 Å². The second kappa shape index (κ2) is 15.0. The van der Waals surface area contributed by atoms with Gasteiger partial charge in [-0.25, -0.2) is 22.4 Å². The van der Waals surface area contributed by atoms with Crippen LogP contribution in [-0.4, -0.2) is 96.7 Å². The van der Waals surface area contributed by atoms with E-state index in [2.05, 4.69) is 15.3 Å². The summed E-state index contributed by atoms with van der Waals surface area (Å²) in [4.78, 5) is 24.2. The first-order valence-corrected chi connectivity index (χ1v) is 18.2. The lowest BCUT2D eigenvalue weighted by molar-refractivity contribution is -0.0679. The van der Waals surface area contributed by atoms with Crippen molar-refractivity contribution in [2.24, 2.45) is 11.3 Å². The highest BCUT2D eigenvalue weighted by atomic mass is 32.1. The highest BCUT2D eigenvalue weighted by molar-refractivity contribution is 7.23. The lowest BCUT2D eigenvalue weighted by Crippen LogP contribution is -2.51. The maximum atomic E-state index is 17.4. The zero-order valence-corrected chi connectivity index (χ0v) is 31.5. The molecule has 2 aliphatic heterocycles. The third kappa shape index (κ3) is 8.11. The summed E-state index contributed by atoms with van der Waals surface area (Å²) in [6.07, 6.45) is -3.86. The first-order chi connectivity index (χ1) is 27.1. The molecular weight excluding hydrogens is 743 g/mol.